The lowest BCUT2D eigenvalue weighted by Crippen LogP contribution is -2.30. The zero-order chi connectivity index (χ0) is 9.84. The number of rotatable bonds is 2. The predicted molar refractivity (Wildman–Crippen MR) is 55.1 cm³/mol. The van der Waals surface area contributed by atoms with Crippen LogP contribution < -0.4 is 0 Å². The molecule has 1 aliphatic carbocycles. The van der Waals surface area contributed by atoms with Crippen LogP contribution in [0.4, 0.5) is 0 Å². The minimum Gasteiger partial charge on any atom is -0.393 e. The highest BCUT2D eigenvalue weighted by atomic mass is 16.3. The maximum atomic E-state index is 9.70. The fourth-order valence-electron chi connectivity index (χ4n) is 2.26. The van der Waals surface area contributed by atoms with Crippen LogP contribution in [0, 0.1) is 30.1 Å². The summed E-state index contributed by atoms with van der Waals surface area (Å²) in [5.74, 6) is 4.52. The van der Waals surface area contributed by atoms with Crippen molar-refractivity contribution in [2.45, 2.75) is 45.6 Å². The van der Waals surface area contributed by atoms with Crippen molar-refractivity contribution in [2.24, 2.45) is 17.8 Å². The SMILES string of the molecule is C#CCC1CC(C(C)C)CCC1O. The van der Waals surface area contributed by atoms with Crippen LogP contribution in [0.2, 0.25) is 0 Å². The highest BCUT2D eigenvalue weighted by Gasteiger charge is 2.29. The first kappa shape index (κ1) is 10.6. The van der Waals surface area contributed by atoms with Crippen LogP contribution in [0.15, 0.2) is 0 Å². The minimum atomic E-state index is -0.147. The average Bonchev–Trinajstić information content (AvgIpc) is 2.08. The molecule has 1 rings (SSSR count). The number of hydrogen-bond donors (Lipinski definition) is 1. The van der Waals surface area contributed by atoms with Gasteiger partial charge in [0.15, 0.2) is 0 Å². The van der Waals surface area contributed by atoms with Crippen molar-refractivity contribution in [3.8, 4) is 12.3 Å². The Morgan fingerprint density at radius 2 is 2.15 bits per heavy atom. The summed E-state index contributed by atoms with van der Waals surface area (Å²) < 4.78 is 0. The van der Waals surface area contributed by atoms with Gasteiger partial charge < -0.3 is 5.11 Å². The Morgan fingerprint density at radius 3 is 2.69 bits per heavy atom. The van der Waals surface area contributed by atoms with E-state index in [1.807, 2.05) is 0 Å². The molecular weight excluding hydrogens is 160 g/mol. The zero-order valence-electron chi connectivity index (χ0n) is 8.66. The van der Waals surface area contributed by atoms with Gasteiger partial charge in [0.1, 0.15) is 0 Å². The molecule has 0 spiro atoms. The molecule has 74 valence electrons. The maximum absolute atomic E-state index is 9.70. The van der Waals surface area contributed by atoms with Crippen LogP contribution in [-0.4, -0.2) is 11.2 Å². The minimum absolute atomic E-state index is 0.147. The first-order valence-corrected chi connectivity index (χ1v) is 5.26. The molecule has 13 heavy (non-hydrogen) atoms. The van der Waals surface area contributed by atoms with Crippen LogP contribution in [0.25, 0.3) is 0 Å². The van der Waals surface area contributed by atoms with E-state index in [0.29, 0.717) is 5.92 Å². The molecule has 0 aromatic carbocycles. The van der Waals surface area contributed by atoms with E-state index in [9.17, 15) is 5.11 Å². The van der Waals surface area contributed by atoms with Crippen LogP contribution in [0.3, 0.4) is 0 Å². The second kappa shape index (κ2) is 4.67. The summed E-state index contributed by atoms with van der Waals surface area (Å²) in [6.07, 6.45) is 9.10. The molecule has 0 heterocycles. The Labute approximate surface area is 81.5 Å². The average molecular weight is 180 g/mol. The van der Waals surface area contributed by atoms with Gasteiger partial charge in [0.2, 0.25) is 0 Å². The van der Waals surface area contributed by atoms with Gasteiger partial charge in [-0.05, 0) is 37.0 Å². The quantitative estimate of drug-likeness (QED) is 0.647. The number of aliphatic hydroxyl groups excluding tert-OH is 1. The zero-order valence-corrected chi connectivity index (χ0v) is 8.66. The molecule has 1 nitrogen and oxygen atoms in total. The van der Waals surface area contributed by atoms with Crippen molar-refractivity contribution in [3.05, 3.63) is 0 Å². The summed E-state index contributed by atoms with van der Waals surface area (Å²) in [6.45, 7) is 4.52. The van der Waals surface area contributed by atoms with Crippen molar-refractivity contribution in [2.75, 3.05) is 0 Å². The van der Waals surface area contributed by atoms with Gasteiger partial charge in [-0.2, -0.15) is 0 Å². The van der Waals surface area contributed by atoms with E-state index in [1.54, 1.807) is 0 Å². The first-order valence-electron chi connectivity index (χ1n) is 5.26. The molecule has 0 saturated heterocycles. The monoisotopic (exact) mass is 180 g/mol. The topological polar surface area (TPSA) is 20.2 Å². The molecule has 0 aromatic rings. The van der Waals surface area contributed by atoms with E-state index >= 15 is 0 Å². The van der Waals surface area contributed by atoms with E-state index in [-0.39, 0.29) is 6.10 Å². The molecule has 1 heteroatoms. The highest BCUT2D eigenvalue weighted by molar-refractivity contribution is 4.92. The van der Waals surface area contributed by atoms with Gasteiger partial charge in [-0.25, -0.2) is 0 Å². The molecule has 3 unspecified atom stereocenters. The molecule has 0 aromatic heterocycles. The van der Waals surface area contributed by atoms with E-state index in [2.05, 4.69) is 19.8 Å². The molecule has 1 aliphatic rings. The number of aliphatic hydroxyl groups is 1. The fraction of sp³-hybridized carbons (Fsp3) is 0.833. The second-order valence-corrected chi connectivity index (χ2v) is 4.55. The van der Waals surface area contributed by atoms with Gasteiger partial charge in [-0.1, -0.05) is 13.8 Å². The van der Waals surface area contributed by atoms with Gasteiger partial charge >= 0.3 is 0 Å². The summed E-state index contributed by atoms with van der Waals surface area (Å²) in [5, 5.41) is 9.70. The van der Waals surface area contributed by atoms with Crippen molar-refractivity contribution >= 4 is 0 Å². The third-order valence-electron chi connectivity index (χ3n) is 3.31. The van der Waals surface area contributed by atoms with Crippen molar-refractivity contribution in [1.82, 2.24) is 0 Å². The lowest BCUT2D eigenvalue weighted by Gasteiger charge is -2.34. The summed E-state index contributed by atoms with van der Waals surface area (Å²) in [6, 6.07) is 0. The van der Waals surface area contributed by atoms with Crippen LogP contribution >= 0.6 is 0 Å². The second-order valence-electron chi connectivity index (χ2n) is 4.55. The van der Waals surface area contributed by atoms with Gasteiger partial charge in [-0.15, -0.1) is 12.3 Å². The van der Waals surface area contributed by atoms with Crippen molar-refractivity contribution < 1.29 is 5.11 Å². The normalized spacial score (nSPS) is 34.5. The van der Waals surface area contributed by atoms with E-state index in [0.717, 1.165) is 31.1 Å². The predicted octanol–water partition coefficient (Wildman–Crippen LogP) is 2.44. The molecule has 0 radical (unpaired) electrons. The molecule has 1 fully saturated rings. The van der Waals surface area contributed by atoms with Gasteiger partial charge in [-0.3, -0.25) is 0 Å². The summed E-state index contributed by atoms with van der Waals surface area (Å²) >= 11 is 0. The van der Waals surface area contributed by atoms with Crippen molar-refractivity contribution in [3.63, 3.8) is 0 Å². The number of terminal acetylenes is 1. The summed E-state index contributed by atoms with van der Waals surface area (Å²) in [4.78, 5) is 0. The third kappa shape index (κ3) is 2.74. The molecule has 3 atom stereocenters. The molecular formula is C12H20O. The molecule has 1 N–H and O–H groups in total. The lowest BCUT2D eigenvalue weighted by atomic mass is 9.74. The van der Waals surface area contributed by atoms with Crippen LogP contribution in [-0.2, 0) is 0 Å². The van der Waals surface area contributed by atoms with Crippen molar-refractivity contribution in [1.29, 1.82) is 0 Å². The molecule has 0 aliphatic heterocycles. The Morgan fingerprint density at radius 1 is 1.46 bits per heavy atom. The Hall–Kier alpha value is -0.480. The van der Waals surface area contributed by atoms with Gasteiger partial charge in [0.25, 0.3) is 0 Å². The largest absolute Gasteiger partial charge is 0.393 e. The Kier molecular flexibility index (Phi) is 3.81. The number of hydrogen-bond acceptors (Lipinski definition) is 1. The third-order valence-corrected chi connectivity index (χ3v) is 3.31. The van der Waals surface area contributed by atoms with E-state index in [4.69, 9.17) is 6.42 Å². The lowest BCUT2D eigenvalue weighted by molar-refractivity contribution is 0.0401. The first-order chi connectivity index (χ1) is 6.15. The fourth-order valence-corrected chi connectivity index (χ4v) is 2.26. The van der Waals surface area contributed by atoms with Gasteiger partial charge in [0.05, 0.1) is 6.10 Å². The van der Waals surface area contributed by atoms with Crippen LogP contribution in [0.1, 0.15) is 39.5 Å². The standard InChI is InChI=1S/C12H20O/c1-4-5-11-8-10(9(2)3)6-7-12(11)13/h1,9-13H,5-8H2,2-3H3. The Bertz CT molecular complexity index is 190. The summed E-state index contributed by atoms with van der Waals surface area (Å²) in [5.41, 5.74) is 0. The Balaban J connectivity index is 2.48. The van der Waals surface area contributed by atoms with E-state index in [1.165, 1.54) is 6.42 Å². The molecule has 0 amide bonds. The molecule has 0 bridgehead atoms. The summed E-state index contributed by atoms with van der Waals surface area (Å²) in [7, 11) is 0. The maximum Gasteiger partial charge on any atom is 0.0577 e. The van der Waals surface area contributed by atoms with E-state index < -0.39 is 0 Å². The van der Waals surface area contributed by atoms with Gasteiger partial charge in [0, 0.05) is 6.42 Å². The highest BCUT2D eigenvalue weighted by Crippen LogP contribution is 2.35. The van der Waals surface area contributed by atoms with Crippen LogP contribution in [0.5, 0.6) is 0 Å². The smallest absolute Gasteiger partial charge is 0.0577 e. The molecule has 1 saturated carbocycles.